The first-order valence-electron chi connectivity index (χ1n) is 15.5. The zero-order valence-electron chi connectivity index (χ0n) is 28.4. The number of pyridine rings is 2. The maximum Gasteiger partial charge on any atom is 0.306 e. The molecule has 52 heavy (non-hydrogen) atoms. The van der Waals surface area contributed by atoms with Crippen LogP contribution in [0.4, 0.5) is 11.4 Å². The van der Waals surface area contributed by atoms with E-state index in [-0.39, 0.29) is 22.6 Å². The zero-order chi connectivity index (χ0) is 36.9. The first-order valence-corrected chi connectivity index (χ1v) is 19.0. The molecule has 0 spiro atoms. The van der Waals surface area contributed by atoms with Crippen molar-refractivity contribution in [1.29, 1.82) is 0 Å². The molecular formula is C35H30N8O6S3. The molecule has 1 N–H and O–H groups in total. The molecule has 0 aliphatic heterocycles. The molecule has 0 fully saturated rings. The topological polar surface area (TPSA) is 166 Å². The van der Waals surface area contributed by atoms with Crippen LogP contribution in [0, 0.1) is 0 Å². The summed E-state index contributed by atoms with van der Waals surface area (Å²) in [4.78, 5) is 49.2. The van der Waals surface area contributed by atoms with Crippen molar-refractivity contribution < 1.29 is 17.7 Å². The number of nitrogens with zero attached hydrogens (tertiary/aromatic N) is 8. The Morgan fingerprint density at radius 1 is 0.654 bits per heavy atom. The van der Waals surface area contributed by atoms with Crippen LogP contribution in [0.3, 0.4) is 0 Å². The van der Waals surface area contributed by atoms with Crippen molar-refractivity contribution in [3.63, 3.8) is 0 Å². The van der Waals surface area contributed by atoms with Gasteiger partial charge in [0, 0.05) is 40.6 Å². The third kappa shape index (κ3) is 6.40. The molecule has 8 rings (SSSR count). The van der Waals surface area contributed by atoms with E-state index in [9.17, 15) is 23.1 Å². The Morgan fingerprint density at radius 2 is 1.08 bits per heavy atom. The third-order valence-corrected chi connectivity index (χ3v) is 10.6. The zero-order valence-corrected chi connectivity index (χ0v) is 30.8. The lowest BCUT2D eigenvalue weighted by atomic mass is 10.2. The minimum absolute atomic E-state index is 0.140. The highest BCUT2D eigenvalue weighted by Gasteiger charge is 2.18. The second-order valence-electron chi connectivity index (χ2n) is 12.0. The summed E-state index contributed by atoms with van der Waals surface area (Å²) < 4.78 is 31.2. The quantitative estimate of drug-likeness (QED) is 0.222. The smallest absolute Gasteiger partial charge is 0.306 e. The van der Waals surface area contributed by atoms with Gasteiger partial charge in [0.2, 0.25) is 0 Å². The lowest BCUT2D eigenvalue weighted by Crippen LogP contribution is -2.17. The standard InChI is InChI=1S/C18H16N4O4S2.C17H14N4O2S/c1-21(2)13-8-9-19-17-14(13)15-16(27-17)18(23)22(10-20-15)11-4-6-12(7-5-11)26-28(3,24)25;1-20(2)12-7-8-18-16-13(12)14-15(24-16)17(23)21(9-19-14)10-3-5-11(22)6-4-10/h4-10H,1-3H3;3-9,22H,1-2H3. The molecule has 0 aliphatic rings. The maximum absolute atomic E-state index is 13.1. The van der Waals surface area contributed by atoms with Gasteiger partial charge >= 0.3 is 10.1 Å². The van der Waals surface area contributed by atoms with Crippen molar-refractivity contribution in [1.82, 2.24) is 29.1 Å². The van der Waals surface area contributed by atoms with Crippen LogP contribution in [0.15, 0.2) is 95.3 Å². The molecule has 0 radical (unpaired) electrons. The van der Waals surface area contributed by atoms with Crippen molar-refractivity contribution in [3.05, 3.63) is 106 Å². The number of phenolic OH excluding ortho intramolecular Hbond substituents is 1. The molecule has 0 amide bonds. The molecule has 0 unspecified atom stereocenters. The van der Waals surface area contributed by atoms with Gasteiger partial charge in [-0.1, -0.05) is 0 Å². The number of phenols is 1. The normalized spacial score (nSPS) is 11.6. The van der Waals surface area contributed by atoms with Crippen molar-refractivity contribution in [3.8, 4) is 22.9 Å². The summed E-state index contributed by atoms with van der Waals surface area (Å²) in [5.74, 6) is 0.331. The predicted molar refractivity (Wildman–Crippen MR) is 207 cm³/mol. The highest BCUT2D eigenvalue weighted by Crippen LogP contribution is 2.36. The molecule has 0 saturated heterocycles. The van der Waals surface area contributed by atoms with Gasteiger partial charge in [-0.2, -0.15) is 8.42 Å². The van der Waals surface area contributed by atoms with Gasteiger partial charge in [0.25, 0.3) is 11.1 Å². The minimum atomic E-state index is -3.61. The monoisotopic (exact) mass is 754 g/mol. The molecule has 8 aromatic rings. The first-order chi connectivity index (χ1) is 24.8. The fourth-order valence-electron chi connectivity index (χ4n) is 5.64. The molecule has 17 heteroatoms. The van der Waals surface area contributed by atoms with Gasteiger partial charge in [0.05, 0.1) is 50.8 Å². The number of rotatable bonds is 6. The van der Waals surface area contributed by atoms with Crippen molar-refractivity contribution in [2.75, 3.05) is 44.2 Å². The number of aromatic hydroxyl groups is 1. The number of thiophene rings is 2. The van der Waals surface area contributed by atoms with Gasteiger partial charge in [-0.15, -0.1) is 22.7 Å². The van der Waals surface area contributed by atoms with Crippen molar-refractivity contribution in [2.24, 2.45) is 0 Å². The number of hydrogen-bond donors (Lipinski definition) is 1. The van der Waals surface area contributed by atoms with Crippen molar-refractivity contribution in [2.45, 2.75) is 0 Å². The first kappa shape index (κ1) is 34.5. The summed E-state index contributed by atoms with van der Waals surface area (Å²) in [6.45, 7) is 0. The van der Waals surface area contributed by atoms with Crippen LogP contribution in [0.25, 0.3) is 52.2 Å². The molecule has 2 aromatic carbocycles. The summed E-state index contributed by atoms with van der Waals surface area (Å²) in [7, 11) is 4.16. The lowest BCUT2D eigenvalue weighted by Gasteiger charge is -2.13. The largest absolute Gasteiger partial charge is 0.508 e. The highest BCUT2D eigenvalue weighted by atomic mass is 32.2. The second-order valence-corrected chi connectivity index (χ2v) is 15.6. The Labute approximate surface area is 304 Å². The van der Waals surface area contributed by atoms with E-state index in [2.05, 4.69) is 19.9 Å². The van der Waals surface area contributed by atoms with Gasteiger partial charge in [0.15, 0.2) is 0 Å². The second kappa shape index (κ2) is 13.3. The Bertz CT molecular complexity index is 2860. The van der Waals surface area contributed by atoms with E-state index >= 15 is 0 Å². The van der Waals surface area contributed by atoms with Crippen molar-refractivity contribution >= 4 is 85.0 Å². The van der Waals surface area contributed by atoms with Crippen LogP contribution < -0.4 is 25.1 Å². The number of aromatic nitrogens is 6. The van der Waals surface area contributed by atoms with E-state index < -0.39 is 10.1 Å². The van der Waals surface area contributed by atoms with E-state index in [0.29, 0.717) is 31.8 Å². The fourth-order valence-corrected chi connectivity index (χ4v) is 8.19. The van der Waals surface area contributed by atoms with Crippen LogP contribution in [0.1, 0.15) is 0 Å². The molecule has 14 nitrogen and oxygen atoms in total. The minimum Gasteiger partial charge on any atom is -0.508 e. The van der Waals surface area contributed by atoms with E-state index in [1.807, 2.05) is 50.1 Å². The van der Waals surface area contributed by atoms with Gasteiger partial charge in [-0.05, 0) is 60.7 Å². The van der Waals surface area contributed by atoms with Gasteiger partial charge in [-0.25, -0.2) is 19.9 Å². The Morgan fingerprint density at radius 3 is 1.48 bits per heavy atom. The number of hydrogen-bond acceptors (Lipinski definition) is 14. The lowest BCUT2D eigenvalue weighted by molar-refractivity contribution is 0.475. The predicted octanol–water partition coefficient (Wildman–Crippen LogP) is 5.17. The SMILES string of the molecule is CN(C)c1ccnc2sc3c(=O)n(-c4ccc(O)cc4)cnc3c12.CN(C)c1ccnc2sc3c(=O)n(-c4ccc(OS(C)(=O)=O)cc4)cnc3c12. The Hall–Kier alpha value is -5.91. The fraction of sp³-hybridized carbons (Fsp3) is 0.143. The molecular weight excluding hydrogens is 725 g/mol. The van der Waals surface area contributed by atoms with Gasteiger partial charge < -0.3 is 19.1 Å². The molecule has 6 heterocycles. The summed E-state index contributed by atoms with van der Waals surface area (Å²) in [6, 6.07) is 16.4. The Balaban J connectivity index is 0.000000164. The van der Waals surface area contributed by atoms with Crippen LogP contribution in [0.2, 0.25) is 0 Å². The summed E-state index contributed by atoms with van der Waals surface area (Å²) in [5, 5.41) is 11.2. The van der Waals surface area contributed by atoms with E-state index in [0.717, 1.165) is 38.1 Å². The van der Waals surface area contributed by atoms with Gasteiger partial charge in [-0.3, -0.25) is 18.7 Å². The molecule has 0 saturated carbocycles. The summed E-state index contributed by atoms with van der Waals surface area (Å²) in [6.07, 6.45) is 7.42. The Kier molecular flexibility index (Phi) is 8.85. The highest BCUT2D eigenvalue weighted by molar-refractivity contribution is 7.86. The molecule has 264 valence electrons. The summed E-state index contributed by atoms with van der Waals surface area (Å²) >= 11 is 2.65. The summed E-state index contributed by atoms with van der Waals surface area (Å²) in [5.41, 5.74) is 4.09. The number of anilines is 2. The number of fused-ring (bicyclic) bond motifs is 6. The molecule has 0 atom stereocenters. The van der Waals surface area contributed by atoms with E-state index in [1.54, 1.807) is 48.8 Å². The maximum atomic E-state index is 13.1. The number of benzene rings is 2. The van der Waals surface area contributed by atoms with Crippen LogP contribution in [0.5, 0.6) is 11.5 Å². The molecule has 0 aliphatic carbocycles. The average molecular weight is 755 g/mol. The van der Waals surface area contributed by atoms with Gasteiger partial charge in [0.1, 0.15) is 43.2 Å². The van der Waals surface area contributed by atoms with Crippen LogP contribution in [-0.4, -0.2) is 77.0 Å². The van der Waals surface area contributed by atoms with Crippen LogP contribution in [-0.2, 0) is 10.1 Å². The third-order valence-electron chi connectivity index (χ3n) is 7.97. The van der Waals surface area contributed by atoms with E-state index in [4.69, 9.17) is 4.18 Å². The van der Waals surface area contributed by atoms with Crippen LogP contribution >= 0.6 is 22.7 Å². The molecule has 6 aromatic heterocycles. The molecule has 0 bridgehead atoms. The average Bonchev–Trinajstić information content (AvgIpc) is 3.69. The van der Waals surface area contributed by atoms with E-state index in [1.165, 1.54) is 56.6 Å².